The largest absolute Gasteiger partial charge is 0.337 e. The minimum atomic E-state index is -0.271. The van der Waals surface area contributed by atoms with Gasteiger partial charge in [-0.15, -0.1) is 0 Å². The molecule has 158 valence electrons. The molecule has 1 aromatic carbocycles. The Bertz CT molecular complexity index is 1100. The van der Waals surface area contributed by atoms with Crippen LogP contribution in [0.25, 0.3) is 0 Å². The lowest BCUT2D eigenvalue weighted by Gasteiger charge is -2.35. The molecule has 0 unspecified atom stereocenters. The van der Waals surface area contributed by atoms with Crippen molar-refractivity contribution in [1.29, 1.82) is 0 Å². The molecule has 1 aliphatic heterocycles. The topological polar surface area (TPSA) is 75.1 Å². The van der Waals surface area contributed by atoms with Gasteiger partial charge in [-0.3, -0.25) is 4.79 Å². The molecule has 7 nitrogen and oxygen atoms in total. The van der Waals surface area contributed by atoms with Crippen molar-refractivity contribution in [2.75, 3.05) is 36.0 Å². The zero-order valence-electron chi connectivity index (χ0n) is 17.3. The van der Waals surface area contributed by atoms with E-state index in [9.17, 15) is 9.18 Å². The van der Waals surface area contributed by atoms with Gasteiger partial charge in [0.15, 0.2) is 5.78 Å². The Labute approximate surface area is 180 Å². The summed E-state index contributed by atoms with van der Waals surface area (Å²) in [4.78, 5) is 35.3. The van der Waals surface area contributed by atoms with Crippen LogP contribution in [0, 0.1) is 12.7 Å². The predicted molar refractivity (Wildman–Crippen MR) is 115 cm³/mol. The summed E-state index contributed by atoms with van der Waals surface area (Å²) >= 11 is 0. The normalized spacial score (nSPS) is 18.8. The van der Waals surface area contributed by atoms with Crippen LogP contribution in [-0.2, 0) is 6.42 Å². The maximum Gasteiger partial charge on any atom is 0.225 e. The van der Waals surface area contributed by atoms with Crippen molar-refractivity contribution < 1.29 is 9.18 Å². The van der Waals surface area contributed by atoms with E-state index >= 15 is 0 Å². The van der Waals surface area contributed by atoms with Crippen LogP contribution >= 0.6 is 0 Å². The molecule has 31 heavy (non-hydrogen) atoms. The molecular formula is C23H23FN6O. The summed E-state index contributed by atoms with van der Waals surface area (Å²) in [5.74, 6) is 1.20. The molecule has 2 aromatic heterocycles. The summed E-state index contributed by atoms with van der Waals surface area (Å²) < 4.78 is 13.3. The molecule has 0 amide bonds. The number of piperazine rings is 1. The second-order valence-electron chi connectivity index (χ2n) is 8.03. The molecule has 0 spiro atoms. The molecule has 3 heterocycles. The van der Waals surface area contributed by atoms with E-state index < -0.39 is 0 Å². The maximum absolute atomic E-state index is 13.3. The van der Waals surface area contributed by atoms with Gasteiger partial charge in [0.1, 0.15) is 5.82 Å². The average molecular weight is 418 g/mol. The van der Waals surface area contributed by atoms with E-state index in [0.29, 0.717) is 24.4 Å². The molecule has 1 fully saturated rings. The fourth-order valence-corrected chi connectivity index (χ4v) is 4.43. The summed E-state index contributed by atoms with van der Waals surface area (Å²) in [7, 11) is 0. The predicted octanol–water partition coefficient (Wildman–Crippen LogP) is 2.95. The number of hydrogen-bond donors (Lipinski definition) is 0. The van der Waals surface area contributed by atoms with E-state index in [1.54, 1.807) is 24.5 Å². The third-order valence-corrected chi connectivity index (χ3v) is 6.04. The highest BCUT2D eigenvalue weighted by Gasteiger charge is 2.31. The molecule has 5 rings (SSSR count). The Hall–Kier alpha value is -3.42. The number of carbonyl (C=O) groups is 1. The molecule has 2 aliphatic rings. The number of ketones is 1. The zero-order chi connectivity index (χ0) is 21.4. The van der Waals surface area contributed by atoms with Crippen molar-refractivity contribution in [1.82, 2.24) is 19.9 Å². The molecule has 0 bridgehead atoms. The Morgan fingerprint density at radius 3 is 2.23 bits per heavy atom. The fourth-order valence-electron chi connectivity index (χ4n) is 4.43. The summed E-state index contributed by atoms with van der Waals surface area (Å²) in [5, 5.41) is 0. The highest BCUT2D eigenvalue weighted by atomic mass is 19.1. The number of anilines is 2. The van der Waals surface area contributed by atoms with Gasteiger partial charge >= 0.3 is 0 Å². The van der Waals surface area contributed by atoms with Gasteiger partial charge in [0.25, 0.3) is 0 Å². The van der Waals surface area contributed by atoms with E-state index in [1.807, 2.05) is 13.0 Å². The van der Waals surface area contributed by atoms with Crippen molar-refractivity contribution in [3.05, 3.63) is 71.1 Å². The van der Waals surface area contributed by atoms with Crippen LogP contribution in [0.4, 0.5) is 16.3 Å². The van der Waals surface area contributed by atoms with Crippen molar-refractivity contribution in [2.45, 2.75) is 25.7 Å². The molecule has 8 heteroatoms. The first-order valence-electron chi connectivity index (χ1n) is 10.5. The van der Waals surface area contributed by atoms with E-state index in [0.717, 1.165) is 49.1 Å². The smallest absolute Gasteiger partial charge is 0.225 e. The van der Waals surface area contributed by atoms with E-state index in [1.165, 1.54) is 12.1 Å². The number of fused-ring (bicyclic) bond motifs is 1. The Balaban J connectivity index is 1.36. The maximum atomic E-state index is 13.3. The van der Waals surface area contributed by atoms with Gasteiger partial charge in [0, 0.05) is 45.0 Å². The average Bonchev–Trinajstić information content (AvgIpc) is 2.79. The number of aromatic nitrogens is 4. The number of benzene rings is 1. The first-order valence-corrected chi connectivity index (χ1v) is 10.5. The van der Waals surface area contributed by atoms with Crippen molar-refractivity contribution in [3.63, 3.8) is 0 Å². The monoisotopic (exact) mass is 418 g/mol. The molecule has 0 N–H and O–H groups in total. The van der Waals surface area contributed by atoms with Crippen LogP contribution in [-0.4, -0.2) is 51.9 Å². The van der Waals surface area contributed by atoms with Crippen LogP contribution < -0.4 is 9.80 Å². The van der Waals surface area contributed by atoms with Gasteiger partial charge < -0.3 is 9.80 Å². The molecule has 1 saturated heterocycles. The van der Waals surface area contributed by atoms with E-state index in [-0.39, 0.29) is 17.5 Å². The second-order valence-corrected chi connectivity index (χ2v) is 8.03. The Morgan fingerprint density at radius 2 is 1.55 bits per heavy atom. The molecule has 3 aromatic rings. The third-order valence-electron chi connectivity index (χ3n) is 6.04. The summed E-state index contributed by atoms with van der Waals surface area (Å²) in [6.45, 7) is 4.95. The zero-order valence-corrected chi connectivity index (χ0v) is 17.3. The second kappa shape index (κ2) is 8.02. The molecule has 0 radical (unpaired) electrons. The molecular weight excluding hydrogens is 395 g/mol. The number of rotatable bonds is 3. The van der Waals surface area contributed by atoms with Gasteiger partial charge in [-0.1, -0.05) is 12.1 Å². The van der Waals surface area contributed by atoms with Gasteiger partial charge in [0.2, 0.25) is 11.9 Å². The number of nitrogens with zero attached hydrogens (tertiary/aromatic N) is 6. The number of Topliss-reactive ketones (excluding diaryl/α,β-unsaturated/α-hetero) is 1. The standard InChI is InChI=1S/C23H23FN6O/c1-15-21-19(13-17(14-20(21)31)16-3-5-18(24)6-4-16)28-23(27-15)30-11-9-29(10-12-30)22-25-7-2-8-26-22/h2-8,17H,9-14H2,1H3/t17-/m1/s1. The van der Waals surface area contributed by atoms with Crippen LogP contribution in [0.2, 0.25) is 0 Å². The van der Waals surface area contributed by atoms with Gasteiger partial charge in [-0.05, 0) is 43.0 Å². The van der Waals surface area contributed by atoms with Gasteiger partial charge in [-0.2, -0.15) is 0 Å². The summed E-state index contributed by atoms with van der Waals surface area (Å²) in [6, 6.07) is 8.23. The van der Waals surface area contributed by atoms with Crippen molar-refractivity contribution in [2.24, 2.45) is 0 Å². The minimum absolute atomic E-state index is 0.00910. The summed E-state index contributed by atoms with van der Waals surface area (Å²) in [6.07, 6.45) is 4.55. The lowest BCUT2D eigenvalue weighted by atomic mass is 9.81. The lowest BCUT2D eigenvalue weighted by Crippen LogP contribution is -2.48. The lowest BCUT2D eigenvalue weighted by molar-refractivity contribution is 0.0962. The SMILES string of the molecule is Cc1nc(N2CCN(c3ncccn3)CC2)nc2c1C(=O)C[C@H](c1ccc(F)cc1)C2. The van der Waals surface area contributed by atoms with E-state index in [4.69, 9.17) is 4.98 Å². The highest BCUT2D eigenvalue weighted by Crippen LogP contribution is 2.34. The number of carbonyl (C=O) groups excluding carboxylic acids is 1. The summed E-state index contributed by atoms with van der Waals surface area (Å²) in [5.41, 5.74) is 3.14. The Morgan fingerprint density at radius 1 is 0.903 bits per heavy atom. The fraction of sp³-hybridized carbons (Fsp3) is 0.348. The van der Waals surface area contributed by atoms with E-state index in [2.05, 4.69) is 24.8 Å². The first-order chi connectivity index (χ1) is 15.1. The highest BCUT2D eigenvalue weighted by molar-refractivity contribution is 5.99. The van der Waals surface area contributed by atoms with Crippen LogP contribution in [0.1, 0.15) is 39.6 Å². The Kier molecular flexibility index (Phi) is 5.05. The quantitative estimate of drug-likeness (QED) is 0.647. The molecule has 1 atom stereocenters. The number of aryl methyl sites for hydroxylation is 1. The van der Waals surface area contributed by atoms with Crippen LogP contribution in [0.3, 0.4) is 0 Å². The van der Waals surface area contributed by atoms with Gasteiger partial charge in [-0.25, -0.2) is 24.3 Å². The minimum Gasteiger partial charge on any atom is -0.337 e. The first kappa shape index (κ1) is 19.5. The molecule has 0 saturated carbocycles. The van der Waals surface area contributed by atoms with Crippen LogP contribution in [0.5, 0.6) is 0 Å². The van der Waals surface area contributed by atoms with Crippen molar-refractivity contribution >= 4 is 17.7 Å². The van der Waals surface area contributed by atoms with Crippen molar-refractivity contribution in [3.8, 4) is 0 Å². The number of hydrogen-bond acceptors (Lipinski definition) is 7. The van der Waals surface area contributed by atoms with Gasteiger partial charge in [0.05, 0.1) is 17.0 Å². The van der Waals surface area contributed by atoms with Crippen LogP contribution in [0.15, 0.2) is 42.7 Å². The number of halogens is 1. The molecule has 1 aliphatic carbocycles. The third kappa shape index (κ3) is 3.85.